The summed E-state index contributed by atoms with van der Waals surface area (Å²) in [5.41, 5.74) is -0.212. The number of phenols is 2. The lowest BCUT2D eigenvalue weighted by Crippen LogP contribution is -2.11. The number of phenolic OH excluding ortho intramolecular Hbond substituents is 1. The van der Waals surface area contributed by atoms with Gasteiger partial charge in [-0.15, -0.1) is 0 Å². The normalized spacial score (nSPS) is 9.66. The number of hydrogen-bond acceptors (Lipinski definition) is 6. The number of aromatic hydroxyl groups is 2. The number of carboxylic acid groups (broad SMARTS) is 2. The molecule has 0 aliphatic rings. The maximum Gasteiger partial charge on any atom is 0.347 e. The highest BCUT2D eigenvalue weighted by molar-refractivity contribution is 5.96. The number of benzene rings is 3. The van der Waals surface area contributed by atoms with Gasteiger partial charge >= 0.3 is 17.9 Å². The number of carboxylic acids is 2. The van der Waals surface area contributed by atoms with Crippen LogP contribution in [0.3, 0.4) is 0 Å². The summed E-state index contributed by atoms with van der Waals surface area (Å²) in [6.07, 6.45) is 0. The Bertz CT molecular complexity index is 1040. The summed E-state index contributed by atoms with van der Waals surface area (Å²) >= 11 is 0. The van der Waals surface area contributed by atoms with E-state index in [1.54, 1.807) is 30.3 Å². The molecular weight excluding hydrogens is 380 g/mol. The van der Waals surface area contributed by atoms with Gasteiger partial charge in [0.25, 0.3) is 0 Å². The SMILES string of the molecule is O=C(O)c1ccccc1O.O=C(Oc1ccccc1C(=O)O)c1ccccc1O. The van der Waals surface area contributed by atoms with Crippen molar-refractivity contribution in [2.24, 2.45) is 0 Å². The minimum Gasteiger partial charge on any atom is -0.507 e. The van der Waals surface area contributed by atoms with E-state index in [0.717, 1.165) is 0 Å². The predicted octanol–water partition coefficient (Wildman–Crippen LogP) is 3.40. The molecule has 3 rings (SSSR count). The quantitative estimate of drug-likeness (QED) is 0.388. The number of para-hydroxylation sites is 3. The van der Waals surface area contributed by atoms with Gasteiger partial charge < -0.3 is 25.2 Å². The first-order valence-electron chi connectivity index (χ1n) is 8.15. The molecule has 4 N–H and O–H groups in total. The molecule has 3 aromatic carbocycles. The minimum atomic E-state index is -1.19. The molecule has 0 amide bonds. The van der Waals surface area contributed by atoms with Gasteiger partial charge in [-0.25, -0.2) is 14.4 Å². The second-order valence-corrected chi connectivity index (χ2v) is 5.53. The highest BCUT2D eigenvalue weighted by atomic mass is 16.5. The summed E-state index contributed by atoms with van der Waals surface area (Å²) in [5, 5.41) is 35.8. The van der Waals surface area contributed by atoms with Crippen LogP contribution in [-0.4, -0.2) is 38.3 Å². The number of hydrogen-bond donors (Lipinski definition) is 4. The molecule has 0 unspecified atom stereocenters. The van der Waals surface area contributed by atoms with E-state index in [2.05, 4.69) is 0 Å². The largest absolute Gasteiger partial charge is 0.507 e. The predicted molar refractivity (Wildman–Crippen MR) is 102 cm³/mol. The number of esters is 1. The Labute approximate surface area is 164 Å². The van der Waals surface area contributed by atoms with Gasteiger partial charge in [-0.05, 0) is 36.4 Å². The Hall–Kier alpha value is -4.33. The fourth-order valence-electron chi connectivity index (χ4n) is 2.19. The molecule has 0 aliphatic heterocycles. The molecule has 0 saturated carbocycles. The number of aromatic carboxylic acids is 2. The molecule has 29 heavy (non-hydrogen) atoms. The number of carbonyl (C=O) groups excluding carboxylic acids is 1. The van der Waals surface area contributed by atoms with Crippen molar-refractivity contribution in [1.29, 1.82) is 0 Å². The molecule has 0 aliphatic carbocycles. The fraction of sp³-hybridized carbons (Fsp3) is 0. The van der Waals surface area contributed by atoms with E-state index < -0.39 is 17.9 Å². The lowest BCUT2D eigenvalue weighted by Gasteiger charge is -2.07. The van der Waals surface area contributed by atoms with Crippen LogP contribution in [0.4, 0.5) is 0 Å². The molecule has 0 radical (unpaired) electrons. The third-order valence-corrected chi connectivity index (χ3v) is 3.58. The molecule has 8 nitrogen and oxygen atoms in total. The van der Waals surface area contributed by atoms with Crippen LogP contribution in [0.2, 0.25) is 0 Å². The molecule has 0 bridgehead atoms. The molecule has 0 spiro atoms. The lowest BCUT2D eigenvalue weighted by atomic mass is 10.2. The summed E-state index contributed by atoms with van der Waals surface area (Å²) in [4.78, 5) is 33.1. The van der Waals surface area contributed by atoms with Gasteiger partial charge in [0.15, 0.2) is 0 Å². The molecule has 0 saturated heterocycles. The Morgan fingerprint density at radius 1 is 0.586 bits per heavy atom. The topological polar surface area (TPSA) is 141 Å². The Morgan fingerprint density at radius 3 is 1.45 bits per heavy atom. The summed E-state index contributed by atoms with van der Waals surface area (Å²) in [7, 11) is 0. The third-order valence-electron chi connectivity index (χ3n) is 3.58. The maximum absolute atomic E-state index is 11.8. The van der Waals surface area contributed by atoms with Crippen LogP contribution in [0.1, 0.15) is 31.1 Å². The first-order valence-corrected chi connectivity index (χ1v) is 8.15. The van der Waals surface area contributed by atoms with Gasteiger partial charge in [0, 0.05) is 0 Å². The Morgan fingerprint density at radius 2 is 1.00 bits per heavy atom. The number of carbonyl (C=O) groups is 3. The van der Waals surface area contributed by atoms with Gasteiger partial charge in [-0.3, -0.25) is 0 Å². The Kier molecular flexibility index (Phi) is 6.92. The number of rotatable bonds is 4. The van der Waals surface area contributed by atoms with Crippen LogP contribution in [-0.2, 0) is 0 Å². The zero-order valence-corrected chi connectivity index (χ0v) is 14.9. The van der Waals surface area contributed by atoms with E-state index in [9.17, 15) is 19.5 Å². The van der Waals surface area contributed by atoms with E-state index in [4.69, 9.17) is 20.1 Å². The van der Waals surface area contributed by atoms with Crippen molar-refractivity contribution in [2.75, 3.05) is 0 Å². The lowest BCUT2D eigenvalue weighted by molar-refractivity contribution is 0.0671. The van der Waals surface area contributed by atoms with Gasteiger partial charge in [0.2, 0.25) is 0 Å². The van der Waals surface area contributed by atoms with Crippen LogP contribution in [0.25, 0.3) is 0 Å². The van der Waals surface area contributed by atoms with Crippen LogP contribution in [0, 0.1) is 0 Å². The standard InChI is InChI=1S/C14H10O5.C7H6O3/c15-11-7-3-1-5-9(11)14(18)19-12-8-4-2-6-10(12)13(16)17;8-6-4-2-1-3-5(6)7(9)10/h1-8,15H,(H,16,17);1-4,8H,(H,9,10). The van der Waals surface area contributed by atoms with Crippen molar-refractivity contribution in [1.82, 2.24) is 0 Å². The van der Waals surface area contributed by atoms with Gasteiger partial charge in [0.05, 0.1) is 0 Å². The zero-order valence-electron chi connectivity index (χ0n) is 14.9. The molecule has 8 heteroatoms. The summed E-state index contributed by atoms with van der Waals surface area (Å²) in [6.45, 7) is 0. The van der Waals surface area contributed by atoms with Crippen molar-refractivity contribution < 1.29 is 39.5 Å². The highest BCUT2D eigenvalue weighted by Gasteiger charge is 2.17. The molecule has 0 heterocycles. The molecule has 0 fully saturated rings. The third kappa shape index (κ3) is 5.57. The van der Waals surface area contributed by atoms with Crippen LogP contribution in [0.15, 0.2) is 72.8 Å². The molecule has 148 valence electrons. The van der Waals surface area contributed by atoms with Gasteiger partial charge in [-0.2, -0.15) is 0 Å². The van der Waals surface area contributed by atoms with E-state index in [-0.39, 0.29) is 33.9 Å². The van der Waals surface area contributed by atoms with Crippen LogP contribution < -0.4 is 4.74 Å². The van der Waals surface area contributed by atoms with Crippen molar-refractivity contribution in [3.05, 3.63) is 89.5 Å². The summed E-state index contributed by atoms with van der Waals surface area (Å²) < 4.78 is 4.99. The van der Waals surface area contributed by atoms with Crippen molar-refractivity contribution in [3.63, 3.8) is 0 Å². The maximum atomic E-state index is 11.8. The minimum absolute atomic E-state index is 0.0253. The van der Waals surface area contributed by atoms with E-state index >= 15 is 0 Å². The smallest absolute Gasteiger partial charge is 0.347 e. The fourth-order valence-corrected chi connectivity index (χ4v) is 2.19. The first kappa shape index (κ1) is 21.0. The van der Waals surface area contributed by atoms with E-state index in [1.807, 2.05) is 0 Å². The van der Waals surface area contributed by atoms with Crippen molar-refractivity contribution in [2.45, 2.75) is 0 Å². The van der Waals surface area contributed by atoms with E-state index in [1.165, 1.54) is 42.5 Å². The van der Waals surface area contributed by atoms with Crippen molar-refractivity contribution in [3.8, 4) is 17.2 Å². The summed E-state index contributed by atoms with van der Waals surface area (Å²) in [5.74, 6) is -3.61. The second kappa shape index (κ2) is 9.56. The highest BCUT2D eigenvalue weighted by Crippen LogP contribution is 2.22. The monoisotopic (exact) mass is 396 g/mol. The van der Waals surface area contributed by atoms with Crippen LogP contribution >= 0.6 is 0 Å². The second-order valence-electron chi connectivity index (χ2n) is 5.53. The summed E-state index contributed by atoms with van der Waals surface area (Å²) in [6, 6.07) is 17.5. The Balaban J connectivity index is 0.000000253. The molecular formula is C21H16O8. The zero-order chi connectivity index (χ0) is 21.4. The number of ether oxygens (including phenoxy) is 1. The first-order chi connectivity index (χ1) is 13.8. The van der Waals surface area contributed by atoms with Crippen molar-refractivity contribution >= 4 is 17.9 Å². The molecule has 3 aromatic rings. The average Bonchev–Trinajstić information content (AvgIpc) is 2.69. The molecule has 0 aromatic heterocycles. The van der Waals surface area contributed by atoms with Gasteiger partial charge in [0.1, 0.15) is 33.9 Å². The average molecular weight is 396 g/mol. The van der Waals surface area contributed by atoms with Gasteiger partial charge in [-0.1, -0.05) is 36.4 Å². The van der Waals surface area contributed by atoms with E-state index in [0.29, 0.717) is 0 Å². The van der Waals surface area contributed by atoms with Crippen LogP contribution in [0.5, 0.6) is 17.2 Å². The molecule has 0 atom stereocenters.